The van der Waals surface area contributed by atoms with Gasteiger partial charge in [-0.25, -0.2) is 4.79 Å². The van der Waals surface area contributed by atoms with Gasteiger partial charge >= 0.3 is 5.97 Å². The van der Waals surface area contributed by atoms with E-state index in [0.717, 1.165) is 11.1 Å². The molecular weight excluding hydrogens is 504 g/mol. The van der Waals surface area contributed by atoms with Gasteiger partial charge in [-0.05, 0) is 54.5 Å². The highest BCUT2D eigenvalue weighted by Crippen LogP contribution is 2.35. The Kier molecular flexibility index (Phi) is 6.73. The monoisotopic (exact) mass is 528 g/mol. The summed E-state index contributed by atoms with van der Waals surface area (Å²) in [6, 6.07) is 29.6. The molecule has 6 rings (SSSR count). The molecular formula is C34H24O6. The lowest BCUT2D eigenvalue weighted by Gasteiger charge is -2.07. The molecule has 0 radical (unpaired) electrons. The van der Waals surface area contributed by atoms with Crippen molar-refractivity contribution in [3.8, 4) is 17.2 Å². The maximum absolute atomic E-state index is 13.3. The van der Waals surface area contributed by atoms with Gasteiger partial charge in [0.1, 0.15) is 40.8 Å². The van der Waals surface area contributed by atoms with Crippen LogP contribution >= 0.6 is 0 Å². The highest BCUT2D eigenvalue weighted by atomic mass is 16.5. The van der Waals surface area contributed by atoms with Crippen LogP contribution in [0.3, 0.4) is 0 Å². The summed E-state index contributed by atoms with van der Waals surface area (Å²) in [7, 11) is 0. The van der Waals surface area contributed by atoms with Gasteiger partial charge in [0, 0.05) is 11.5 Å². The second kappa shape index (κ2) is 10.8. The van der Waals surface area contributed by atoms with Crippen molar-refractivity contribution in [3.05, 3.63) is 143 Å². The van der Waals surface area contributed by atoms with E-state index in [-0.39, 0.29) is 17.3 Å². The number of hydrogen-bond acceptors (Lipinski definition) is 6. The Hall–Kier alpha value is -5.36. The molecule has 0 spiro atoms. The van der Waals surface area contributed by atoms with Gasteiger partial charge in [-0.15, -0.1) is 0 Å². The molecule has 1 aromatic heterocycles. The quantitative estimate of drug-likeness (QED) is 0.122. The third-order valence-electron chi connectivity index (χ3n) is 6.48. The standard InChI is InChI=1S/C34H24O6/c1-22-32(28-19-25(16-18-29(28)38-22)37-21-24-11-6-3-7-12-24)34(36)39-26-15-17-27-31(20-26)40-30(33(27)35)14-8-13-23-9-4-2-5-10-23/h2-20H,21H2,1H3. The first-order chi connectivity index (χ1) is 19.5. The molecule has 1 aliphatic rings. The van der Waals surface area contributed by atoms with Gasteiger partial charge in [0.15, 0.2) is 5.76 Å². The van der Waals surface area contributed by atoms with Crippen LogP contribution in [-0.4, -0.2) is 11.8 Å². The molecule has 0 saturated carbocycles. The maximum Gasteiger partial charge on any atom is 0.347 e. The van der Waals surface area contributed by atoms with Crippen molar-refractivity contribution in [2.75, 3.05) is 0 Å². The normalized spacial score (nSPS) is 13.5. The van der Waals surface area contributed by atoms with Crippen LogP contribution in [0.1, 0.15) is 37.6 Å². The molecule has 0 atom stereocenters. The second-order valence-corrected chi connectivity index (χ2v) is 9.24. The van der Waals surface area contributed by atoms with E-state index in [9.17, 15) is 9.59 Å². The molecule has 0 bridgehead atoms. The van der Waals surface area contributed by atoms with Crippen LogP contribution in [0, 0.1) is 6.92 Å². The summed E-state index contributed by atoms with van der Waals surface area (Å²) < 4.78 is 23.2. The lowest BCUT2D eigenvalue weighted by molar-refractivity contribution is 0.0734. The summed E-state index contributed by atoms with van der Waals surface area (Å²) in [4.78, 5) is 26.0. The summed E-state index contributed by atoms with van der Waals surface area (Å²) in [5.74, 6) is 1.01. The molecule has 40 heavy (non-hydrogen) atoms. The van der Waals surface area contributed by atoms with Crippen LogP contribution in [0.15, 0.2) is 119 Å². The first-order valence-electron chi connectivity index (χ1n) is 12.8. The van der Waals surface area contributed by atoms with Gasteiger partial charge in [-0.1, -0.05) is 72.8 Å². The number of ketones is 1. The zero-order valence-corrected chi connectivity index (χ0v) is 21.6. The van der Waals surface area contributed by atoms with E-state index >= 15 is 0 Å². The number of benzene rings is 4. The van der Waals surface area contributed by atoms with Gasteiger partial charge < -0.3 is 18.6 Å². The lowest BCUT2D eigenvalue weighted by atomic mass is 10.1. The van der Waals surface area contributed by atoms with Gasteiger partial charge in [-0.2, -0.15) is 0 Å². The largest absolute Gasteiger partial charge is 0.489 e. The summed E-state index contributed by atoms with van der Waals surface area (Å²) >= 11 is 0. The molecule has 4 aromatic carbocycles. The maximum atomic E-state index is 13.3. The van der Waals surface area contributed by atoms with E-state index in [1.165, 1.54) is 0 Å². The molecule has 0 fully saturated rings. The van der Waals surface area contributed by atoms with Gasteiger partial charge in [0.25, 0.3) is 0 Å². The highest BCUT2D eigenvalue weighted by Gasteiger charge is 2.28. The minimum atomic E-state index is -0.581. The second-order valence-electron chi connectivity index (χ2n) is 9.24. The van der Waals surface area contributed by atoms with E-state index in [1.807, 2.05) is 66.7 Å². The van der Waals surface area contributed by atoms with Crippen molar-refractivity contribution >= 4 is 28.8 Å². The Morgan fingerprint density at radius 2 is 1.62 bits per heavy atom. The molecule has 0 aliphatic carbocycles. The van der Waals surface area contributed by atoms with Crippen LogP contribution in [-0.2, 0) is 6.61 Å². The number of rotatable bonds is 7. The van der Waals surface area contributed by atoms with E-state index in [1.54, 1.807) is 55.5 Å². The summed E-state index contributed by atoms with van der Waals surface area (Å²) in [6.45, 7) is 2.11. The number of esters is 1. The number of Topliss-reactive ketones (excluding diaryl/α,β-unsaturated/α-hetero) is 1. The lowest BCUT2D eigenvalue weighted by Crippen LogP contribution is -2.09. The Morgan fingerprint density at radius 1 is 0.875 bits per heavy atom. The number of hydrogen-bond donors (Lipinski definition) is 0. The predicted octanol–water partition coefficient (Wildman–Crippen LogP) is 7.71. The topological polar surface area (TPSA) is 75.0 Å². The molecule has 0 unspecified atom stereocenters. The molecule has 0 N–H and O–H groups in total. The molecule has 1 aliphatic heterocycles. The minimum Gasteiger partial charge on any atom is -0.489 e. The fraction of sp³-hybridized carbons (Fsp3) is 0.0588. The number of carbonyl (C=O) groups is 2. The van der Waals surface area contributed by atoms with E-state index in [4.69, 9.17) is 18.6 Å². The SMILES string of the molecule is Cc1oc2ccc(OCc3ccccc3)cc2c1C(=O)Oc1ccc2c(c1)OC(=CC=Cc1ccccc1)C2=O. The van der Waals surface area contributed by atoms with Gasteiger partial charge in [0.05, 0.1) is 5.56 Å². The number of aryl methyl sites for hydroxylation is 1. The number of fused-ring (bicyclic) bond motifs is 2. The molecule has 0 saturated heterocycles. The molecule has 0 amide bonds. The smallest absolute Gasteiger partial charge is 0.347 e. The average Bonchev–Trinajstić information content (AvgIpc) is 3.47. The van der Waals surface area contributed by atoms with Crippen LogP contribution in [0.25, 0.3) is 17.0 Å². The number of furan rings is 1. The fourth-order valence-electron chi connectivity index (χ4n) is 4.50. The third kappa shape index (κ3) is 5.15. The fourth-order valence-corrected chi connectivity index (χ4v) is 4.50. The van der Waals surface area contributed by atoms with Crippen LogP contribution in [0.5, 0.6) is 17.2 Å². The zero-order chi connectivity index (χ0) is 27.5. The number of allylic oxidation sites excluding steroid dienone is 3. The van der Waals surface area contributed by atoms with Gasteiger partial charge in [0.2, 0.25) is 5.78 Å². The molecule has 6 nitrogen and oxygen atoms in total. The summed E-state index contributed by atoms with van der Waals surface area (Å²) in [5, 5.41) is 0.594. The van der Waals surface area contributed by atoms with E-state index in [0.29, 0.717) is 46.0 Å². The average molecular weight is 529 g/mol. The minimum absolute atomic E-state index is 0.199. The Labute approximate surface area is 230 Å². The molecule has 5 aromatic rings. The molecule has 6 heteroatoms. The van der Waals surface area contributed by atoms with Crippen molar-refractivity contribution in [1.29, 1.82) is 0 Å². The summed E-state index contributed by atoms with van der Waals surface area (Å²) in [5.41, 5.74) is 3.31. The predicted molar refractivity (Wildman–Crippen MR) is 152 cm³/mol. The molecule has 196 valence electrons. The summed E-state index contributed by atoms with van der Waals surface area (Å²) in [6.07, 6.45) is 5.27. The van der Waals surface area contributed by atoms with Crippen molar-refractivity contribution in [1.82, 2.24) is 0 Å². The van der Waals surface area contributed by atoms with Crippen LogP contribution < -0.4 is 14.2 Å². The Morgan fingerprint density at radius 3 is 2.42 bits per heavy atom. The van der Waals surface area contributed by atoms with Crippen molar-refractivity contribution in [2.45, 2.75) is 13.5 Å². The van der Waals surface area contributed by atoms with Crippen LogP contribution in [0.4, 0.5) is 0 Å². The number of carbonyl (C=O) groups excluding carboxylic acids is 2. The van der Waals surface area contributed by atoms with Crippen molar-refractivity contribution in [2.24, 2.45) is 0 Å². The van der Waals surface area contributed by atoms with Crippen LogP contribution in [0.2, 0.25) is 0 Å². The Balaban J connectivity index is 1.18. The zero-order valence-electron chi connectivity index (χ0n) is 21.6. The third-order valence-corrected chi connectivity index (χ3v) is 6.48. The first kappa shape index (κ1) is 24.9. The van der Waals surface area contributed by atoms with E-state index < -0.39 is 5.97 Å². The first-order valence-corrected chi connectivity index (χ1v) is 12.8. The van der Waals surface area contributed by atoms with Crippen molar-refractivity contribution < 1.29 is 28.2 Å². The highest BCUT2D eigenvalue weighted by molar-refractivity contribution is 6.12. The Bertz CT molecular complexity index is 1780. The van der Waals surface area contributed by atoms with Crippen molar-refractivity contribution in [3.63, 3.8) is 0 Å². The van der Waals surface area contributed by atoms with E-state index in [2.05, 4.69) is 0 Å². The molecule has 2 heterocycles. The number of ether oxygens (including phenoxy) is 3. The van der Waals surface area contributed by atoms with Gasteiger partial charge in [-0.3, -0.25) is 4.79 Å².